The van der Waals surface area contributed by atoms with E-state index in [0.29, 0.717) is 0 Å². The van der Waals surface area contributed by atoms with Crippen LogP contribution in [0.5, 0.6) is 5.75 Å². The van der Waals surface area contributed by atoms with Crippen molar-refractivity contribution in [2.75, 3.05) is 0 Å². The number of rotatable bonds is 6. The Kier molecular flexibility index (Phi) is 4.56. The summed E-state index contributed by atoms with van der Waals surface area (Å²) in [6.45, 7) is -2.91. The van der Waals surface area contributed by atoms with Gasteiger partial charge < -0.3 is 9.84 Å². The number of carboxylic acids is 1. The van der Waals surface area contributed by atoms with Crippen molar-refractivity contribution in [2.24, 2.45) is 0 Å². The minimum absolute atomic E-state index is 0.0465. The third-order valence-electron chi connectivity index (χ3n) is 1.97. The SMILES string of the molecule is O=C(O)CCC(=O)c1ccc(OC(F)F)cc1. The lowest BCUT2D eigenvalue weighted by Crippen LogP contribution is -2.05. The van der Waals surface area contributed by atoms with Crippen LogP contribution >= 0.6 is 0 Å². The van der Waals surface area contributed by atoms with Crippen molar-refractivity contribution in [3.63, 3.8) is 0 Å². The summed E-state index contributed by atoms with van der Waals surface area (Å²) in [4.78, 5) is 21.7. The molecule has 0 saturated heterocycles. The largest absolute Gasteiger partial charge is 0.481 e. The number of carboxylic acid groups (broad SMARTS) is 1. The molecular formula is C11H10F2O4. The topological polar surface area (TPSA) is 63.6 Å². The molecule has 0 aliphatic rings. The number of carbonyl (C=O) groups is 2. The standard InChI is InChI=1S/C11H10F2O4/c12-11(13)17-8-3-1-7(2-4-8)9(14)5-6-10(15)16/h1-4,11H,5-6H2,(H,15,16). The second kappa shape index (κ2) is 5.93. The lowest BCUT2D eigenvalue weighted by atomic mass is 10.1. The molecule has 0 atom stereocenters. The van der Waals surface area contributed by atoms with E-state index in [4.69, 9.17) is 5.11 Å². The van der Waals surface area contributed by atoms with Crippen LogP contribution in [0.2, 0.25) is 0 Å². The van der Waals surface area contributed by atoms with Gasteiger partial charge in [-0.15, -0.1) is 0 Å². The smallest absolute Gasteiger partial charge is 0.387 e. The van der Waals surface area contributed by atoms with E-state index < -0.39 is 12.6 Å². The molecule has 0 aliphatic heterocycles. The van der Waals surface area contributed by atoms with Crippen LogP contribution in [0.3, 0.4) is 0 Å². The number of hydrogen-bond donors (Lipinski definition) is 1. The van der Waals surface area contributed by atoms with Crippen LogP contribution < -0.4 is 4.74 Å². The van der Waals surface area contributed by atoms with Crippen molar-refractivity contribution < 1.29 is 28.2 Å². The molecule has 0 unspecified atom stereocenters. The lowest BCUT2D eigenvalue weighted by molar-refractivity contribution is -0.136. The van der Waals surface area contributed by atoms with Gasteiger partial charge in [-0.25, -0.2) is 0 Å². The predicted molar refractivity (Wildman–Crippen MR) is 54.3 cm³/mol. The fraction of sp³-hybridized carbons (Fsp3) is 0.273. The van der Waals surface area contributed by atoms with Gasteiger partial charge in [0, 0.05) is 12.0 Å². The monoisotopic (exact) mass is 244 g/mol. The summed E-state index contributed by atoms with van der Waals surface area (Å²) in [6, 6.07) is 5.12. The molecule has 1 aromatic rings. The number of alkyl halides is 2. The number of ketones is 1. The third kappa shape index (κ3) is 4.58. The highest BCUT2D eigenvalue weighted by molar-refractivity contribution is 5.97. The van der Waals surface area contributed by atoms with Crippen molar-refractivity contribution in [2.45, 2.75) is 19.5 Å². The fourth-order valence-corrected chi connectivity index (χ4v) is 1.19. The van der Waals surface area contributed by atoms with Crippen LogP contribution in [0.1, 0.15) is 23.2 Å². The highest BCUT2D eigenvalue weighted by Gasteiger charge is 2.09. The summed E-state index contributed by atoms with van der Waals surface area (Å²) in [5, 5.41) is 8.40. The van der Waals surface area contributed by atoms with Crippen molar-refractivity contribution in [1.82, 2.24) is 0 Å². The molecule has 0 spiro atoms. The van der Waals surface area contributed by atoms with Gasteiger partial charge in [0.05, 0.1) is 6.42 Å². The molecule has 0 aromatic heterocycles. The van der Waals surface area contributed by atoms with E-state index in [-0.39, 0.29) is 29.9 Å². The van der Waals surface area contributed by atoms with E-state index >= 15 is 0 Å². The molecule has 0 fully saturated rings. The summed E-state index contributed by atoms with van der Waals surface area (Å²) >= 11 is 0. The van der Waals surface area contributed by atoms with Gasteiger partial charge >= 0.3 is 12.6 Å². The number of Topliss-reactive ketones (excluding diaryl/α,β-unsaturated/α-hetero) is 1. The van der Waals surface area contributed by atoms with Crippen LogP contribution in [-0.4, -0.2) is 23.5 Å². The van der Waals surface area contributed by atoms with E-state index in [2.05, 4.69) is 4.74 Å². The maximum absolute atomic E-state index is 11.8. The number of ether oxygens (including phenoxy) is 1. The second-order valence-corrected chi connectivity index (χ2v) is 3.22. The zero-order chi connectivity index (χ0) is 12.8. The van der Waals surface area contributed by atoms with Crippen molar-refractivity contribution in [3.05, 3.63) is 29.8 Å². The summed E-state index contributed by atoms with van der Waals surface area (Å²) < 4.78 is 27.8. The Labute approximate surface area is 95.8 Å². The zero-order valence-electron chi connectivity index (χ0n) is 8.73. The molecular weight excluding hydrogens is 234 g/mol. The molecule has 0 bridgehead atoms. The average Bonchev–Trinajstić information content (AvgIpc) is 2.26. The first-order valence-electron chi connectivity index (χ1n) is 4.79. The van der Waals surface area contributed by atoms with Gasteiger partial charge in [-0.1, -0.05) is 0 Å². The predicted octanol–water partition coefficient (Wildman–Crippen LogP) is 2.34. The number of carbonyl (C=O) groups excluding carboxylic acids is 1. The summed E-state index contributed by atoms with van der Waals surface area (Å²) in [7, 11) is 0. The molecule has 0 aliphatic carbocycles. The first kappa shape index (κ1) is 13.1. The summed E-state index contributed by atoms with van der Waals surface area (Å²) in [5.41, 5.74) is 0.271. The van der Waals surface area contributed by atoms with E-state index in [1.165, 1.54) is 24.3 Å². The highest BCUT2D eigenvalue weighted by Crippen LogP contribution is 2.16. The van der Waals surface area contributed by atoms with Crippen LogP contribution in [0.4, 0.5) is 8.78 Å². The third-order valence-corrected chi connectivity index (χ3v) is 1.97. The Hall–Kier alpha value is -1.98. The van der Waals surface area contributed by atoms with Gasteiger partial charge in [0.15, 0.2) is 5.78 Å². The fourth-order valence-electron chi connectivity index (χ4n) is 1.19. The van der Waals surface area contributed by atoms with Crippen molar-refractivity contribution in [3.8, 4) is 5.75 Å². The summed E-state index contributed by atoms with van der Waals surface area (Å²) in [6.07, 6.45) is -0.376. The lowest BCUT2D eigenvalue weighted by Gasteiger charge is -2.04. The van der Waals surface area contributed by atoms with Gasteiger partial charge in [-0.3, -0.25) is 9.59 Å². The van der Waals surface area contributed by atoms with Gasteiger partial charge in [0.1, 0.15) is 5.75 Å². The number of benzene rings is 1. The van der Waals surface area contributed by atoms with Crippen LogP contribution in [-0.2, 0) is 4.79 Å². The Morgan fingerprint density at radius 3 is 2.24 bits per heavy atom. The molecule has 1 N–H and O–H groups in total. The molecule has 0 amide bonds. The quantitative estimate of drug-likeness (QED) is 0.780. The van der Waals surface area contributed by atoms with Gasteiger partial charge in [-0.2, -0.15) is 8.78 Å². The van der Waals surface area contributed by atoms with E-state index in [0.717, 1.165) is 0 Å². The minimum atomic E-state index is -2.91. The molecule has 0 radical (unpaired) electrons. The van der Waals surface area contributed by atoms with E-state index in [1.807, 2.05) is 0 Å². The normalized spacial score (nSPS) is 10.3. The Morgan fingerprint density at radius 1 is 1.18 bits per heavy atom. The highest BCUT2D eigenvalue weighted by atomic mass is 19.3. The van der Waals surface area contributed by atoms with Gasteiger partial charge in [-0.05, 0) is 24.3 Å². The van der Waals surface area contributed by atoms with Gasteiger partial charge in [0.2, 0.25) is 0 Å². The molecule has 4 nitrogen and oxygen atoms in total. The Balaban J connectivity index is 2.60. The second-order valence-electron chi connectivity index (χ2n) is 3.22. The number of hydrogen-bond acceptors (Lipinski definition) is 3. The Morgan fingerprint density at radius 2 is 1.76 bits per heavy atom. The van der Waals surface area contributed by atoms with Crippen LogP contribution in [0.15, 0.2) is 24.3 Å². The maximum Gasteiger partial charge on any atom is 0.387 e. The van der Waals surface area contributed by atoms with E-state index in [1.54, 1.807) is 0 Å². The number of halogens is 2. The first-order chi connectivity index (χ1) is 7.99. The average molecular weight is 244 g/mol. The van der Waals surface area contributed by atoms with Gasteiger partial charge in [0.25, 0.3) is 0 Å². The maximum atomic E-state index is 11.8. The minimum Gasteiger partial charge on any atom is -0.481 e. The molecule has 1 aromatic carbocycles. The first-order valence-corrected chi connectivity index (χ1v) is 4.79. The molecule has 92 valence electrons. The molecule has 1 rings (SSSR count). The molecule has 0 saturated carbocycles. The zero-order valence-corrected chi connectivity index (χ0v) is 8.73. The Bertz CT molecular complexity index is 400. The number of aliphatic carboxylic acids is 1. The van der Waals surface area contributed by atoms with Crippen molar-refractivity contribution in [1.29, 1.82) is 0 Å². The molecule has 17 heavy (non-hydrogen) atoms. The van der Waals surface area contributed by atoms with Crippen LogP contribution in [0, 0.1) is 0 Å². The van der Waals surface area contributed by atoms with Crippen molar-refractivity contribution >= 4 is 11.8 Å². The van der Waals surface area contributed by atoms with E-state index in [9.17, 15) is 18.4 Å². The van der Waals surface area contributed by atoms with Crippen LogP contribution in [0.25, 0.3) is 0 Å². The summed E-state index contributed by atoms with van der Waals surface area (Å²) in [5.74, 6) is -1.46. The molecule has 6 heteroatoms. The molecule has 0 heterocycles.